The molecular formula is C25H31FNO5P. The molecule has 0 aliphatic rings. The summed E-state index contributed by atoms with van der Waals surface area (Å²) in [5.41, 5.74) is -1.74. The molecule has 2 aromatic rings. The molecule has 2 N–H and O–H groups in total. The van der Waals surface area contributed by atoms with Crippen LogP contribution >= 0.6 is 8.03 Å². The zero-order valence-electron chi connectivity index (χ0n) is 19.8. The Balaban J connectivity index is 2.94. The molecule has 6 nitrogen and oxygen atoms in total. The Kier molecular flexibility index (Phi) is 8.24. The van der Waals surface area contributed by atoms with Gasteiger partial charge in [-0.25, -0.2) is 9.18 Å². The van der Waals surface area contributed by atoms with Crippen molar-refractivity contribution in [2.45, 2.75) is 57.2 Å². The van der Waals surface area contributed by atoms with Gasteiger partial charge in [0.2, 0.25) is 13.2 Å². The second-order valence-electron chi connectivity index (χ2n) is 9.29. The molecule has 0 bridgehead atoms. The van der Waals surface area contributed by atoms with E-state index in [0.717, 1.165) is 7.11 Å². The molecule has 178 valence electrons. The molecule has 0 aliphatic heterocycles. The summed E-state index contributed by atoms with van der Waals surface area (Å²) < 4.78 is 31.8. The fourth-order valence-corrected chi connectivity index (χ4v) is 4.65. The number of halogens is 1. The quantitative estimate of drug-likeness (QED) is 0.451. The summed E-state index contributed by atoms with van der Waals surface area (Å²) in [6, 6.07) is 10.2. The average Bonchev–Trinajstić information content (AvgIpc) is 2.74. The number of aromatic nitrogens is 1. The predicted molar refractivity (Wildman–Crippen MR) is 126 cm³/mol. The molecule has 0 spiro atoms. The third-order valence-corrected chi connectivity index (χ3v) is 7.03. The minimum absolute atomic E-state index is 0.00453. The van der Waals surface area contributed by atoms with Gasteiger partial charge in [0.15, 0.2) is 0 Å². The first-order chi connectivity index (χ1) is 15.3. The van der Waals surface area contributed by atoms with Crippen LogP contribution in [0.5, 0.6) is 0 Å². The Hall–Kier alpha value is -2.52. The largest absolute Gasteiger partial charge is 0.480 e. The Morgan fingerprint density at radius 1 is 1.15 bits per heavy atom. The van der Waals surface area contributed by atoms with E-state index in [0.29, 0.717) is 11.3 Å². The second-order valence-corrected chi connectivity index (χ2v) is 11.0. The lowest BCUT2D eigenvalue weighted by atomic mass is 9.77. The monoisotopic (exact) mass is 475 g/mol. The van der Waals surface area contributed by atoms with E-state index in [9.17, 15) is 24.0 Å². The number of aliphatic hydroxyl groups is 1. The molecule has 3 atom stereocenters. The van der Waals surface area contributed by atoms with Gasteiger partial charge in [0, 0.05) is 30.6 Å². The first kappa shape index (κ1) is 26.7. The van der Waals surface area contributed by atoms with Crippen molar-refractivity contribution >= 4 is 14.0 Å². The van der Waals surface area contributed by atoms with Gasteiger partial charge in [-0.05, 0) is 29.8 Å². The molecule has 2 rings (SSSR count). The fraction of sp³-hybridized carbons (Fsp3) is 0.440. The van der Waals surface area contributed by atoms with Crippen molar-refractivity contribution in [3.05, 3.63) is 65.2 Å². The van der Waals surface area contributed by atoms with E-state index in [-0.39, 0.29) is 18.0 Å². The summed E-state index contributed by atoms with van der Waals surface area (Å²) in [6.45, 7) is 9.29. The van der Waals surface area contributed by atoms with Crippen molar-refractivity contribution in [2.24, 2.45) is 5.92 Å². The molecule has 33 heavy (non-hydrogen) atoms. The number of benzene rings is 1. The van der Waals surface area contributed by atoms with Crippen LogP contribution in [0.4, 0.5) is 4.39 Å². The molecule has 1 aromatic heterocycles. The molecule has 0 saturated heterocycles. The van der Waals surface area contributed by atoms with Crippen LogP contribution in [0, 0.1) is 23.6 Å². The van der Waals surface area contributed by atoms with Crippen LogP contribution in [0.2, 0.25) is 0 Å². The van der Waals surface area contributed by atoms with E-state index < -0.39 is 36.0 Å². The molecular weight excluding hydrogens is 444 g/mol. The maximum atomic E-state index is 13.5. The molecule has 0 saturated carbocycles. The topological polar surface area (TPSA) is 96.7 Å². The molecule has 1 heterocycles. The number of carbonyl (C=O) groups is 1. The van der Waals surface area contributed by atoms with Crippen molar-refractivity contribution in [1.82, 2.24) is 4.98 Å². The van der Waals surface area contributed by atoms with Gasteiger partial charge in [-0.3, -0.25) is 9.55 Å². The third-order valence-electron chi connectivity index (χ3n) is 5.30. The van der Waals surface area contributed by atoms with Crippen molar-refractivity contribution in [1.29, 1.82) is 0 Å². The van der Waals surface area contributed by atoms with Crippen LogP contribution in [0.3, 0.4) is 0 Å². The zero-order chi connectivity index (χ0) is 25.0. The van der Waals surface area contributed by atoms with Gasteiger partial charge in [0.1, 0.15) is 11.4 Å². The molecule has 0 fully saturated rings. The maximum absolute atomic E-state index is 13.5. The number of nitrogens with zero attached hydrogens (tertiary/aromatic N) is 1. The highest BCUT2D eigenvalue weighted by Crippen LogP contribution is 2.52. The lowest BCUT2D eigenvalue weighted by molar-refractivity contribution is -0.146. The van der Waals surface area contributed by atoms with Crippen LogP contribution in [-0.4, -0.2) is 33.4 Å². The number of aliphatic carboxylic acids is 1. The minimum atomic E-state index is -3.49. The van der Waals surface area contributed by atoms with Gasteiger partial charge in [0.25, 0.3) is 0 Å². The van der Waals surface area contributed by atoms with Crippen LogP contribution in [0.15, 0.2) is 42.5 Å². The number of hydrogen-bond acceptors (Lipinski definition) is 5. The van der Waals surface area contributed by atoms with E-state index in [1.54, 1.807) is 26.0 Å². The Bertz CT molecular complexity index is 1080. The normalized spacial score (nSPS) is 16.3. The molecule has 1 aromatic carbocycles. The molecule has 3 unspecified atom stereocenters. The molecule has 0 amide bonds. The zero-order valence-corrected chi connectivity index (χ0v) is 20.8. The number of carboxylic acids is 1. The Morgan fingerprint density at radius 2 is 1.73 bits per heavy atom. The Labute approximate surface area is 195 Å². The maximum Gasteiger partial charge on any atom is 0.335 e. The van der Waals surface area contributed by atoms with E-state index in [1.807, 2.05) is 20.8 Å². The highest BCUT2D eigenvalue weighted by Gasteiger charge is 2.62. The summed E-state index contributed by atoms with van der Waals surface area (Å²) >= 11 is 0. The van der Waals surface area contributed by atoms with Gasteiger partial charge < -0.3 is 14.7 Å². The number of carboxylic acid groups (broad SMARTS) is 1. The minimum Gasteiger partial charge on any atom is -0.480 e. The van der Waals surface area contributed by atoms with Gasteiger partial charge >= 0.3 is 5.97 Å². The summed E-state index contributed by atoms with van der Waals surface area (Å²) in [5, 5.41) is 20.1. The van der Waals surface area contributed by atoms with Crippen molar-refractivity contribution in [3.63, 3.8) is 0 Å². The van der Waals surface area contributed by atoms with E-state index in [4.69, 9.17) is 4.52 Å². The van der Waals surface area contributed by atoms with Crippen LogP contribution < -0.4 is 0 Å². The molecule has 0 aliphatic carbocycles. The molecule has 0 radical (unpaired) electrons. The van der Waals surface area contributed by atoms with Crippen molar-refractivity contribution in [2.75, 3.05) is 7.11 Å². The lowest BCUT2D eigenvalue weighted by Gasteiger charge is -2.40. The van der Waals surface area contributed by atoms with Crippen molar-refractivity contribution in [3.8, 4) is 11.8 Å². The fourth-order valence-electron chi connectivity index (χ4n) is 3.44. The highest BCUT2D eigenvalue weighted by atomic mass is 31.1. The Morgan fingerprint density at radius 3 is 2.21 bits per heavy atom. The van der Waals surface area contributed by atoms with E-state index in [2.05, 4.69) is 16.8 Å². The third kappa shape index (κ3) is 5.52. The lowest BCUT2D eigenvalue weighted by Crippen LogP contribution is -2.56. The number of rotatable bonds is 7. The summed E-state index contributed by atoms with van der Waals surface area (Å²) in [6.07, 6.45) is -0.327. The SMILES string of the molecule is CO[PH](=O)C(C#CC(C)C)(C(=O)O)C(O)(Cc1ccc(F)cc1)c1cccc(C(C)(C)C)n1. The van der Waals surface area contributed by atoms with Gasteiger partial charge in [-0.2, -0.15) is 0 Å². The van der Waals surface area contributed by atoms with Crippen molar-refractivity contribution < 1.29 is 28.5 Å². The number of pyridine rings is 1. The smallest absolute Gasteiger partial charge is 0.335 e. The average molecular weight is 475 g/mol. The van der Waals surface area contributed by atoms with Crippen LogP contribution in [0.1, 0.15) is 51.6 Å². The summed E-state index contributed by atoms with van der Waals surface area (Å²) in [7, 11) is -2.37. The van der Waals surface area contributed by atoms with Crippen LogP contribution in [0.25, 0.3) is 0 Å². The van der Waals surface area contributed by atoms with Gasteiger partial charge in [-0.15, -0.1) is 0 Å². The molecule has 8 heteroatoms. The first-order valence-electron chi connectivity index (χ1n) is 10.6. The van der Waals surface area contributed by atoms with E-state index in [1.165, 1.54) is 30.3 Å². The second kappa shape index (κ2) is 10.2. The van der Waals surface area contributed by atoms with Gasteiger partial charge in [-0.1, -0.05) is 64.7 Å². The number of hydrogen-bond donors (Lipinski definition) is 2. The predicted octanol–water partition coefficient (Wildman–Crippen LogP) is 4.55. The van der Waals surface area contributed by atoms with Crippen LogP contribution in [-0.2, 0) is 31.3 Å². The standard InChI is InChI=1S/C25H31FNO5P/c1-17(2)14-15-25(22(28)29,33(31)32-6)24(30,16-18-10-12-19(26)13-11-18)21-9-7-8-20(27-21)23(3,4)5/h7-13,17,30,33H,16H2,1-6H3,(H,28,29). The summed E-state index contributed by atoms with van der Waals surface area (Å²) in [5.74, 6) is 3.04. The van der Waals surface area contributed by atoms with Gasteiger partial charge in [0.05, 0.1) is 5.69 Å². The highest BCUT2D eigenvalue weighted by molar-refractivity contribution is 7.43. The summed E-state index contributed by atoms with van der Waals surface area (Å²) in [4.78, 5) is 17.4. The van der Waals surface area contributed by atoms with E-state index >= 15 is 0 Å². The first-order valence-corrected chi connectivity index (χ1v) is 11.9.